The number of rotatable bonds is 6. The summed E-state index contributed by atoms with van der Waals surface area (Å²) in [6.07, 6.45) is 6.46. The van der Waals surface area contributed by atoms with Gasteiger partial charge in [-0.15, -0.1) is 0 Å². The highest BCUT2D eigenvalue weighted by molar-refractivity contribution is 4.81. The summed E-state index contributed by atoms with van der Waals surface area (Å²) in [6.45, 7) is 6.17. The first-order valence-corrected chi connectivity index (χ1v) is 4.37. The molecule has 0 heterocycles. The van der Waals surface area contributed by atoms with Crippen LogP contribution in [0.15, 0.2) is 12.3 Å². The van der Waals surface area contributed by atoms with E-state index in [4.69, 9.17) is 5.73 Å². The summed E-state index contributed by atoms with van der Waals surface area (Å²) < 4.78 is 0. The third-order valence-electron chi connectivity index (χ3n) is 1.37. The molecule has 0 unspecified atom stereocenters. The van der Waals surface area contributed by atoms with E-state index in [0.29, 0.717) is 5.92 Å². The third kappa shape index (κ3) is 9.50. The molecule has 2 nitrogen and oxygen atoms in total. The van der Waals surface area contributed by atoms with E-state index >= 15 is 0 Å². The van der Waals surface area contributed by atoms with Crippen LogP contribution in [0.2, 0.25) is 0 Å². The van der Waals surface area contributed by atoms with E-state index in [0.717, 1.165) is 19.5 Å². The van der Waals surface area contributed by atoms with E-state index in [-0.39, 0.29) is 0 Å². The van der Waals surface area contributed by atoms with Crippen molar-refractivity contribution < 1.29 is 0 Å². The fraction of sp³-hybridized carbons (Fsp3) is 0.778. The molecule has 0 saturated heterocycles. The molecule has 0 aliphatic rings. The number of allylic oxidation sites excluding steroid dienone is 1. The van der Waals surface area contributed by atoms with Crippen LogP contribution in [0.25, 0.3) is 0 Å². The Bertz CT molecular complexity index is 97.7. The van der Waals surface area contributed by atoms with Crippen LogP contribution in [0.4, 0.5) is 0 Å². The van der Waals surface area contributed by atoms with Crippen molar-refractivity contribution in [2.75, 3.05) is 13.1 Å². The van der Waals surface area contributed by atoms with E-state index in [1.807, 2.05) is 6.20 Å². The van der Waals surface area contributed by atoms with Crippen molar-refractivity contribution in [1.29, 1.82) is 0 Å². The van der Waals surface area contributed by atoms with Crippen LogP contribution < -0.4 is 11.1 Å². The van der Waals surface area contributed by atoms with Crippen LogP contribution in [0.1, 0.15) is 26.7 Å². The zero-order chi connectivity index (χ0) is 8.53. The minimum Gasteiger partial charge on any atom is -0.391 e. The van der Waals surface area contributed by atoms with Crippen LogP contribution in [0, 0.1) is 5.92 Å². The van der Waals surface area contributed by atoms with Crippen molar-refractivity contribution >= 4 is 0 Å². The molecule has 0 aliphatic heterocycles. The summed E-state index contributed by atoms with van der Waals surface area (Å²) in [4.78, 5) is 0. The van der Waals surface area contributed by atoms with Gasteiger partial charge in [0.2, 0.25) is 0 Å². The van der Waals surface area contributed by atoms with Gasteiger partial charge < -0.3 is 11.1 Å². The Kier molecular flexibility index (Phi) is 7.26. The van der Waals surface area contributed by atoms with E-state index in [2.05, 4.69) is 25.2 Å². The first kappa shape index (κ1) is 10.5. The van der Waals surface area contributed by atoms with Crippen molar-refractivity contribution in [2.45, 2.75) is 26.7 Å². The Morgan fingerprint density at radius 3 is 2.64 bits per heavy atom. The second kappa shape index (κ2) is 7.61. The summed E-state index contributed by atoms with van der Waals surface area (Å²) in [5.74, 6) is 0.636. The molecule has 0 radical (unpaired) electrons. The average molecular weight is 156 g/mol. The van der Waals surface area contributed by atoms with Crippen LogP contribution in [0.3, 0.4) is 0 Å². The van der Waals surface area contributed by atoms with Crippen LogP contribution in [-0.4, -0.2) is 13.1 Å². The van der Waals surface area contributed by atoms with E-state index in [1.54, 1.807) is 0 Å². The molecule has 0 fully saturated rings. The second-order valence-electron chi connectivity index (χ2n) is 3.05. The molecule has 0 aromatic carbocycles. The minimum atomic E-state index is 0.636. The monoisotopic (exact) mass is 156 g/mol. The van der Waals surface area contributed by atoms with Gasteiger partial charge in [0.05, 0.1) is 0 Å². The first-order valence-electron chi connectivity index (χ1n) is 4.37. The Morgan fingerprint density at radius 1 is 1.36 bits per heavy atom. The Morgan fingerprint density at radius 2 is 2.09 bits per heavy atom. The number of nitrogens with one attached hydrogen (secondary N) is 1. The lowest BCUT2D eigenvalue weighted by Gasteiger charge is -1.99. The van der Waals surface area contributed by atoms with Gasteiger partial charge in [-0.25, -0.2) is 0 Å². The van der Waals surface area contributed by atoms with Gasteiger partial charge in [0.15, 0.2) is 0 Å². The molecule has 0 amide bonds. The maximum Gasteiger partial charge on any atom is 0.0141 e. The number of hydrogen-bond donors (Lipinski definition) is 2. The van der Waals surface area contributed by atoms with Crippen molar-refractivity contribution in [3.05, 3.63) is 12.3 Å². The molecule has 0 aliphatic carbocycles. The Hall–Kier alpha value is -0.500. The summed E-state index contributed by atoms with van der Waals surface area (Å²) >= 11 is 0. The summed E-state index contributed by atoms with van der Waals surface area (Å²) in [6, 6.07) is 0. The van der Waals surface area contributed by atoms with Gasteiger partial charge in [-0.2, -0.15) is 0 Å². The third-order valence-corrected chi connectivity index (χ3v) is 1.37. The van der Waals surface area contributed by atoms with Gasteiger partial charge in [-0.3, -0.25) is 0 Å². The molecule has 0 aromatic heterocycles. The van der Waals surface area contributed by atoms with Crippen molar-refractivity contribution in [1.82, 2.24) is 5.32 Å². The lowest BCUT2D eigenvalue weighted by Crippen LogP contribution is -2.09. The maximum atomic E-state index is 5.35. The van der Waals surface area contributed by atoms with Crippen LogP contribution in [-0.2, 0) is 0 Å². The average Bonchev–Trinajstić information content (AvgIpc) is 1.96. The molecular formula is C9H20N2. The fourth-order valence-electron chi connectivity index (χ4n) is 0.715. The zero-order valence-electron chi connectivity index (χ0n) is 7.64. The van der Waals surface area contributed by atoms with Crippen molar-refractivity contribution in [2.24, 2.45) is 11.7 Å². The van der Waals surface area contributed by atoms with Gasteiger partial charge in [0, 0.05) is 6.54 Å². The van der Waals surface area contributed by atoms with Gasteiger partial charge >= 0.3 is 0 Å². The zero-order valence-corrected chi connectivity index (χ0v) is 7.64. The SMILES string of the molecule is CC(C)C=CNCCCCN. The molecule has 0 aromatic rings. The molecule has 3 N–H and O–H groups in total. The summed E-state index contributed by atoms with van der Waals surface area (Å²) in [5, 5.41) is 3.22. The van der Waals surface area contributed by atoms with E-state index in [9.17, 15) is 0 Å². The Labute approximate surface area is 69.9 Å². The van der Waals surface area contributed by atoms with Gasteiger partial charge in [-0.05, 0) is 31.5 Å². The molecule has 11 heavy (non-hydrogen) atoms. The minimum absolute atomic E-state index is 0.636. The molecule has 66 valence electrons. The molecular weight excluding hydrogens is 136 g/mol. The summed E-state index contributed by atoms with van der Waals surface area (Å²) in [7, 11) is 0. The fourth-order valence-corrected chi connectivity index (χ4v) is 0.715. The highest BCUT2D eigenvalue weighted by atomic mass is 14.8. The first-order chi connectivity index (χ1) is 5.27. The number of nitrogens with two attached hydrogens (primary N) is 1. The molecule has 0 atom stereocenters. The molecule has 0 bridgehead atoms. The second-order valence-corrected chi connectivity index (χ2v) is 3.05. The highest BCUT2D eigenvalue weighted by Gasteiger charge is 1.83. The van der Waals surface area contributed by atoms with Crippen LogP contribution in [0.5, 0.6) is 0 Å². The van der Waals surface area contributed by atoms with Crippen molar-refractivity contribution in [3.63, 3.8) is 0 Å². The van der Waals surface area contributed by atoms with Gasteiger partial charge in [0.25, 0.3) is 0 Å². The molecule has 2 heteroatoms. The number of hydrogen-bond acceptors (Lipinski definition) is 2. The van der Waals surface area contributed by atoms with Gasteiger partial charge in [0.1, 0.15) is 0 Å². The highest BCUT2D eigenvalue weighted by Crippen LogP contribution is 1.91. The smallest absolute Gasteiger partial charge is 0.0141 e. The predicted molar refractivity (Wildman–Crippen MR) is 50.3 cm³/mol. The lowest BCUT2D eigenvalue weighted by molar-refractivity contribution is 0.698. The van der Waals surface area contributed by atoms with Crippen molar-refractivity contribution in [3.8, 4) is 0 Å². The quantitative estimate of drug-likeness (QED) is 0.572. The van der Waals surface area contributed by atoms with Gasteiger partial charge in [-0.1, -0.05) is 19.9 Å². The molecule has 0 spiro atoms. The van der Waals surface area contributed by atoms with Crippen LogP contribution >= 0.6 is 0 Å². The lowest BCUT2D eigenvalue weighted by atomic mass is 10.2. The predicted octanol–water partition coefficient (Wildman–Crippen LogP) is 1.48. The largest absolute Gasteiger partial charge is 0.391 e. The molecule has 0 rings (SSSR count). The standard InChI is InChI=1S/C9H20N2/c1-9(2)5-8-11-7-4-3-6-10/h5,8-9,11H,3-4,6-7,10H2,1-2H3. The normalized spacial score (nSPS) is 11.3. The maximum absolute atomic E-state index is 5.35. The van der Waals surface area contributed by atoms with E-state index < -0.39 is 0 Å². The molecule has 0 saturated carbocycles. The number of unbranched alkanes of at least 4 members (excludes halogenated alkanes) is 1. The Balaban J connectivity index is 3.01. The summed E-state index contributed by atoms with van der Waals surface area (Å²) in [5.41, 5.74) is 5.35. The topological polar surface area (TPSA) is 38.0 Å². The van der Waals surface area contributed by atoms with E-state index in [1.165, 1.54) is 6.42 Å².